The fourth-order valence-electron chi connectivity index (χ4n) is 3.38. The largest absolute Gasteiger partial charge is 0.307 e. The third kappa shape index (κ3) is 3.76. The fourth-order valence-corrected chi connectivity index (χ4v) is 3.38. The molecule has 0 aliphatic rings. The maximum absolute atomic E-state index is 14.8. The minimum Gasteiger partial charge on any atom is -0.307 e. The van der Waals surface area contributed by atoms with Crippen molar-refractivity contribution in [2.24, 2.45) is 0 Å². The van der Waals surface area contributed by atoms with E-state index in [1.807, 2.05) is 0 Å². The minimum atomic E-state index is -1.85. The highest BCUT2D eigenvalue weighted by Crippen LogP contribution is 2.43. The van der Waals surface area contributed by atoms with E-state index in [0.717, 1.165) is 0 Å². The summed E-state index contributed by atoms with van der Waals surface area (Å²) in [6.07, 6.45) is -0.0839. The number of carbonyl (C=O) groups excluding carboxylic acids is 1. The molecule has 2 aromatic carbocycles. The van der Waals surface area contributed by atoms with Crippen LogP contribution >= 0.6 is 0 Å². The number of benzene rings is 2. The van der Waals surface area contributed by atoms with Crippen molar-refractivity contribution >= 4 is 5.78 Å². The Morgan fingerprint density at radius 2 is 1.56 bits per heavy atom. The second-order valence-corrected chi connectivity index (χ2v) is 6.91. The summed E-state index contributed by atoms with van der Waals surface area (Å²) >= 11 is 0. The molecule has 0 N–H and O–H groups in total. The molecule has 0 aliphatic heterocycles. The molecule has 0 saturated carbocycles. The molecule has 146 valence electrons. The van der Waals surface area contributed by atoms with Crippen LogP contribution in [0, 0.1) is 23.3 Å². The van der Waals surface area contributed by atoms with Gasteiger partial charge in [-0.1, -0.05) is 37.3 Å². The molecule has 2 nitrogen and oxygen atoms in total. The van der Waals surface area contributed by atoms with Gasteiger partial charge in [0.1, 0.15) is 5.78 Å². The van der Waals surface area contributed by atoms with Crippen LogP contribution in [0.25, 0.3) is 0 Å². The predicted molar refractivity (Wildman–Crippen MR) is 96.6 cm³/mol. The van der Waals surface area contributed by atoms with Gasteiger partial charge in [-0.05, 0) is 33.0 Å². The highest BCUT2D eigenvalue weighted by atomic mass is 19.2. The lowest BCUT2D eigenvalue weighted by Gasteiger charge is -2.38. The smallest absolute Gasteiger partial charge is 0.166 e. The molecule has 6 heteroatoms. The molecule has 2 rings (SSSR count). The maximum Gasteiger partial charge on any atom is 0.166 e. The molecular weight excluding hydrogens is 358 g/mol. The van der Waals surface area contributed by atoms with Gasteiger partial charge in [-0.15, -0.1) is 0 Å². The lowest BCUT2D eigenvalue weighted by Crippen LogP contribution is -2.44. The average molecular weight is 381 g/mol. The molecule has 2 atom stereocenters. The Balaban J connectivity index is 2.94. The number of ketones is 1. The molecule has 27 heavy (non-hydrogen) atoms. The summed E-state index contributed by atoms with van der Waals surface area (Å²) in [5, 5.41) is 0. The molecule has 0 radical (unpaired) electrons. The number of rotatable bonds is 7. The Morgan fingerprint density at radius 1 is 1.04 bits per heavy atom. The molecule has 0 fully saturated rings. The van der Waals surface area contributed by atoms with Crippen LogP contribution in [0.5, 0.6) is 0 Å². The van der Waals surface area contributed by atoms with Crippen LogP contribution < -0.4 is 0 Å². The van der Waals surface area contributed by atoms with Gasteiger partial charge in [0.2, 0.25) is 0 Å². The number of Topliss-reactive ketones (excluding diaryl/α,β-unsaturated/α-hetero) is 1. The van der Waals surface area contributed by atoms with E-state index in [2.05, 4.69) is 0 Å². The van der Waals surface area contributed by atoms with E-state index in [-0.39, 0.29) is 24.9 Å². The second kappa shape index (κ2) is 8.21. The van der Waals surface area contributed by atoms with Crippen molar-refractivity contribution < 1.29 is 22.4 Å². The highest BCUT2D eigenvalue weighted by Gasteiger charge is 2.47. The van der Waals surface area contributed by atoms with Gasteiger partial charge in [0.05, 0.1) is 5.41 Å². The second-order valence-electron chi connectivity index (χ2n) is 6.91. The third-order valence-corrected chi connectivity index (χ3v) is 5.09. The molecule has 0 heterocycles. The molecular formula is C21H23F4NO. The van der Waals surface area contributed by atoms with E-state index in [0.29, 0.717) is 5.56 Å². The van der Waals surface area contributed by atoms with E-state index < -0.39 is 40.0 Å². The first-order valence-electron chi connectivity index (χ1n) is 8.75. The lowest BCUT2D eigenvalue weighted by molar-refractivity contribution is -0.123. The number of halogens is 4. The van der Waals surface area contributed by atoms with E-state index in [1.165, 1.54) is 0 Å². The summed E-state index contributed by atoms with van der Waals surface area (Å²) in [7, 11) is 3.52. The van der Waals surface area contributed by atoms with Crippen molar-refractivity contribution in [3.63, 3.8) is 0 Å². The van der Waals surface area contributed by atoms with Crippen LogP contribution in [0.3, 0.4) is 0 Å². The maximum atomic E-state index is 14.8. The van der Waals surface area contributed by atoms with Crippen molar-refractivity contribution in [3.05, 3.63) is 70.8 Å². The number of hydrogen-bond donors (Lipinski definition) is 0. The van der Waals surface area contributed by atoms with Gasteiger partial charge in [0, 0.05) is 24.1 Å². The van der Waals surface area contributed by atoms with E-state index in [9.17, 15) is 22.4 Å². The van der Waals surface area contributed by atoms with Crippen molar-refractivity contribution in [2.45, 2.75) is 38.1 Å². The van der Waals surface area contributed by atoms with Gasteiger partial charge in [-0.2, -0.15) is 0 Å². The minimum absolute atomic E-state index is 0.0343. The quantitative estimate of drug-likeness (QED) is 0.505. The van der Waals surface area contributed by atoms with Gasteiger partial charge in [-0.25, -0.2) is 17.6 Å². The Morgan fingerprint density at radius 3 is 2.00 bits per heavy atom. The summed E-state index contributed by atoms with van der Waals surface area (Å²) in [4.78, 5) is 14.9. The Bertz CT molecular complexity index is 796. The van der Waals surface area contributed by atoms with Crippen molar-refractivity contribution in [1.29, 1.82) is 0 Å². The van der Waals surface area contributed by atoms with Gasteiger partial charge in [0.25, 0.3) is 0 Å². The van der Waals surface area contributed by atoms with Crippen LogP contribution in [0.15, 0.2) is 36.4 Å². The first-order chi connectivity index (χ1) is 12.7. The normalized spacial score (nSPS) is 14.9. The standard InChI is InChI=1S/C21H23F4NO/c1-5-17(27)21(12-13(2)26(3)4,14-9-7-6-8-10-14)18-19(24)15(22)11-16(23)20(18)25/h6-11,13H,5,12H2,1-4H3/t13-,21+/m0/s1. The van der Waals surface area contributed by atoms with Gasteiger partial charge < -0.3 is 4.90 Å². The van der Waals surface area contributed by atoms with Crippen LogP contribution in [-0.2, 0) is 10.2 Å². The Kier molecular flexibility index (Phi) is 6.42. The summed E-state index contributed by atoms with van der Waals surface area (Å²) in [5.74, 6) is -6.63. The molecule has 0 amide bonds. The van der Waals surface area contributed by atoms with Crippen LogP contribution in [-0.4, -0.2) is 30.8 Å². The molecule has 0 aliphatic carbocycles. The van der Waals surface area contributed by atoms with Gasteiger partial charge >= 0.3 is 0 Å². The fraction of sp³-hybridized carbons (Fsp3) is 0.381. The Labute approximate surface area is 156 Å². The molecule has 0 bridgehead atoms. The van der Waals surface area contributed by atoms with E-state index in [1.54, 1.807) is 63.2 Å². The third-order valence-electron chi connectivity index (χ3n) is 5.09. The molecule has 0 spiro atoms. The van der Waals surface area contributed by atoms with Crippen molar-refractivity contribution in [2.75, 3.05) is 14.1 Å². The van der Waals surface area contributed by atoms with Crippen LogP contribution in [0.2, 0.25) is 0 Å². The zero-order chi connectivity index (χ0) is 20.4. The summed E-state index contributed by atoms with van der Waals surface area (Å²) in [6.45, 7) is 3.35. The van der Waals surface area contributed by atoms with E-state index >= 15 is 0 Å². The SMILES string of the molecule is CCC(=O)[C@@](C[C@H](C)N(C)C)(c1ccccc1)c1c(F)c(F)cc(F)c1F. The predicted octanol–water partition coefficient (Wildman–Crippen LogP) is 4.85. The number of hydrogen-bond acceptors (Lipinski definition) is 2. The first-order valence-corrected chi connectivity index (χ1v) is 8.75. The summed E-state index contributed by atoms with van der Waals surface area (Å²) in [6, 6.07) is 7.91. The number of nitrogens with zero attached hydrogens (tertiary/aromatic N) is 1. The molecule has 0 unspecified atom stereocenters. The zero-order valence-corrected chi connectivity index (χ0v) is 15.8. The highest BCUT2D eigenvalue weighted by molar-refractivity contribution is 5.94. The molecule has 0 aromatic heterocycles. The van der Waals surface area contributed by atoms with Crippen LogP contribution in [0.4, 0.5) is 17.6 Å². The zero-order valence-electron chi connectivity index (χ0n) is 15.8. The monoisotopic (exact) mass is 381 g/mol. The first kappa shape index (κ1) is 21.1. The lowest BCUT2D eigenvalue weighted by atomic mass is 9.66. The van der Waals surface area contributed by atoms with Crippen molar-refractivity contribution in [3.8, 4) is 0 Å². The molecule has 2 aromatic rings. The van der Waals surface area contributed by atoms with Gasteiger partial charge in [-0.3, -0.25) is 4.79 Å². The summed E-state index contributed by atoms with van der Waals surface area (Å²) < 4.78 is 57.7. The van der Waals surface area contributed by atoms with Crippen LogP contribution in [0.1, 0.15) is 37.8 Å². The Hall–Kier alpha value is -2.21. The van der Waals surface area contributed by atoms with E-state index in [4.69, 9.17) is 0 Å². The number of carbonyl (C=O) groups is 1. The van der Waals surface area contributed by atoms with Crippen molar-refractivity contribution in [1.82, 2.24) is 4.90 Å². The van der Waals surface area contributed by atoms with Gasteiger partial charge in [0.15, 0.2) is 23.3 Å². The molecule has 0 saturated heterocycles. The average Bonchev–Trinajstić information content (AvgIpc) is 2.65. The summed E-state index contributed by atoms with van der Waals surface area (Å²) in [5.41, 5.74) is -2.42. The topological polar surface area (TPSA) is 20.3 Å².